The summed E-state index contributed by atoms with van der Waals surface area (Å²) in [6.45, 7) is 0.486. The van der Waals surface area contributed by atoms with Crippen LogP contribution in [0.3, 0.4) is 0 Å². The van der Waals surface area contributed by atoms with Crippen molar-refractivity contribution in [1.29, 1.82) is 0 Å². The summed E-state index contributed by atoms with van der Waals surface area (Å²) in [6.07, 6.45) is 0. The van der Waals surface area contributed by atoms with Gasteiger partial charge in [0.2, 0.25) is 5.78 Å². The first-order valence-electron chi connectivity index (χ1n) is 2.57. The first-order chi connectivity index (χ1) is 5.54. The van der Waals surface area contributed by atoms with Crippen LogP contribution in [0.2, 0.25) is 0 Å². The predicted molar refractivity (Wildman–Crippen MR) is 49.8 cm³/mol. The van der Waals surface area contributed by atoms with E-state index in [9.17, 15) is 4.79 Å². The molecular weight excluding hydrogens is 246 g/mol. The zero-order valence-corrected chi connectivity index (χ0v) is 8.55. The maximum Gasteiger partial charge on any atom is 0.217 e. The summed E-state index contributed by atoms with van der Waals surface area (Å²) in [5.74, 6) is -0.747. The molecule has 0 spiro atoms. The minimum absolute atomic E-state index is 0.276. The Bertz CT molecular complexity index is 244. The van der Waals surface area contributed by atoms with Crippen LogP contribution in [-0.2, 0) is 4.79 Å². The number of halogens is 4. The van der Waals surface area contributed by atoms with E-state index in [0.717, 1.165) is 5.54 Å². The Balaban J connectivity index is 4.73. The van der Waals surface area contributed by atoms with E-state index in [1.807, 2.05) is 0 Å². The van der Waals surface area contributed by atoms with Gasteiger partial charge in [0.1, 0.15) is 16.7 Å². The lowest BCUT2D eigenvalue weighted by Gasteiger charge is -1.97. The van der Waals surface area contributed by atoms with Gasteiger partial charge in [-0.2, -0.15) is 0 Å². The molecule has 0 aliphatic carbocycles. The third-order valence-corrected chi connectivity index (χ3v) is 2.20. The van der Waals surface area contributed by atoms with Crippen LogP contribution in [0.1, 0.15) is 0 Å². The molecule has 0 rings (SSSR count). The van der Waals surface area contributed by atoms with Crippen molar-refractivity contribution in [3.63, 3.8) is 0 Å². The van der Waals surface area contributed by atoms with Gasteiger partial charge < -0.3 is 5.11 Å². The summed E-state index contributed by atoms with van der Waals surface area (Å²) < 4.78 is 0. The zero-order chi connectivity index (χ0) is 9.72. The fourth-order valence-electron chi connectivity index (χ4n) is 0.320. The van der Waals surface area contributed by atoms with Crippen molar-refractivity contribution in [2.45, 2.75) is 0 Å². The number of carbonyl (C=O) groups is 1. The topological polar surface area (TPSA) is 37.3 Å². The number of Topliss-reactive ketones (excluding diaryl/α,β-unsaturated/α-hetero) is 1. The summed E-state index contributed by atoms with van der Waals surface area (Å²) in [6, 6.07) is 0. The molecular formula is C6H3Cl4O2. The Hall–Kier alpha value is 0.270. The van der Waals surface area contributed by atoms with E-state index < -0.39 is 5.78 Å². The number of hydrogen-bond donors (Lipinski definition) is 1. The second-order valence-corrected chi connectivity index (χ2v) is 2.99. The van der Waals surface area contributed by atoms with Crippen molar-refractivity contribution in [2.75, 3.05) is 0 Å². The third-order valence-electron chi connectivity index (χ3n) is 0.835. The van der Waals surface area contributed by atoms with Crippen LogP contribution < -0.4 is 0 Å². The maximum atomic E-state index is 11.0. The van der Waals surface area contributed by atoms with Gasteiger partial charge in [0.25, 0.3) is 0 Å². The molecule has 0 aromatic carbocycles. The van der Waals surface area contributed by atoms with E-state index in [-0.39, 0.29) is 15.1 Å². The van der Waals surface area contributed by atoms with Gasteiger partial charge in [0, 0.05) is 5.54 Å². The zero-order valence-electron chi connectivity index (χ0n) is 5.52. The van der Waals surface area contributed by atoms with Gasteiger partial charge in [-0.1, -0.05) is 46.4 Å². The van der Waals surface area contributed by atoms with Crippen molar-refractivity contribution in [1.82, 2.24) is 0 Å². The van der Waals surface area contributed by atoms with Gasteiger partial charge in [0.05, 0.1) is 5.03 Å². The fraction of sp³-hybridized carbons (Fsp3) is 0. The SMILES string of the molecule is O=C(C(Cl)=CCl)C(Cl)=C(Cl)[CH]O. The molecule has 0 bridgehead atoms. The predicted octanol–water partition coefficient (Wildman–Crippen LogP) is 3.10. The Morgan fingerprint density at radius 2 is 1.75 bits per heavy atom. The van der Waals surface area contributed by atoms with Crippen molar-refractivity contribution < 1.29 is 9.90 Å². The molecule has 0 fully saturated rings. The van der Waals surface area contributed by atoms with Crippen LogP contribution >= 0.6 is 46.4 Å². The number of aliphatic hydroxyl groups is 1. The molecule has 67 valence electrons. The highest BCUT2D eigenvalue weighted by Gasteiger charge is 2.14. The fourth-order valence-corrected chi connectivity index (χ4v) is 0.798. The number of carbonyl (C=O) groups excluding carboxylic acids is 1. The molecule has 1 radical (unpaired) electrons. The van der Waals surface area contributed by atoms with E-state index in [0.29, 0.717) is 6.61 Å². The minimum atomic E-state index is -0.747. The van der Waals surface area contributed by atoms with Crippen molar-refractivity contribution in [3.05, 3.63) is 27.2 Å². The average Bonchev–Trinajstić information content (AvgIpc) is 2.12. The standard InChI is InChI=1S/C6H3Cl4O2/c7-1-3(8)6(12)5(10)4(9)2-11/h1-2,11H. The van der Waals surface area contributed by atoms with Crippen molar-refractivity contribution in [2.24, 2.45) is 0 Å². The van der Waals surface area contributed by atoms with Crippen LogP contribution in [0.25, 0.3) is 0 Å². The number of ketones is 1. The van der Waals surface area contributed by atoms with Gasteiger partial charge in [-0.15, -0.1) is 0 Å². The van der Waals surface area contributed by atoms with Gasteiger partial charge in [-0.05, 0) is 0 Å². The van der Waals surface area contributed by atoms with E-state index in [1.165, 1.54) is 0 Å². The smallest absolute Gasteiger partial charge is 0.217 e. The first-order valence-corrected chi connectivity index (χ1v) is 4.15. The molecule has 0 amide bonds. The lowest BCUT2D eigenvalue weighted by molar-refractivity contribution is -0.111. The maximum absolute atomic E-state index is 11.0. The molecule has 0 saturated carbocycles. The van der Waals surface area contributed by atoms with E-state index in [4.69, 9.17) is 51.5 Å². The van der Waals surface area contributed by atoms with Crippen molar-refractivity contribution in [3.8, 4) is 0 Å². The molecule has 0 aliphatic heterocycles. The lowest BCUT2D eigenvalue weighted by Crippen LogP contribution is -1.99. The van der Waals surface area contributed by atoms with Crippen LogP contribution in [0.5, 0.6) is 0 Å². The molecule has 0 saturated heterocycles. The Kier molecular flexibility index (Phi) is 5.97. The van der Waals surface area contributed by atoms with E-state index in [2.05, 4.69) is 0 Å². The molecule has 1 N–H and O–H groups in total. The minimum Gasteiger partial charge on any atom is -0.384 e. The molecule has 0 aromatic heterocycles. The molecule has 0 unspecified atom stereocenters. The van der Waals surface area contributed by atoms with Gasteiger partial charge in [-0.3, -0.25) is 4.79 Å². The lowest BCUT2D eigenvalue weighted by atomic mass is 10.3. The molecule has 2 nitrogen and oxygen atoms in total. The summed E-state index contributed by atoms with van der Waals surface area (Å²) in [5, 5.41) is 7.40. The van der Waals surface area contributed by atoms with Crippen LogP contribution in [0.4, 0.5) is 0 Å². The first kappa shape index (κ1) is 12.3. The number of allylic oxidation sites excluding steroid dienone is 2. The number of rotatable bonds is 3. The van der Waals surface area contributed by atoms with E-state index in [1.54, 1.807) is 0 Å². The average molecular weight is 249 g/mol. The number of aliphatic hydroxyl groups excluding tert-OH is 1. The Morgan fingerprint density at radius 1 is 1.25 bits per heavy atom. The Morgan fingerprint density at radius 3 is 2.08 bits per heavy atom. The summed E-state index contributed by atoms with van der Waals surface area (Å²) in [5.41, 5.74) is 0.855. The second kappa shape index (κ2) is 5.84. The summed E-state index contributed by atoms with van der Waals surface area (Å²) >= 11 is 21.1. The molecule has 12 heavy (non-hydrogen) atoms. The van der Waals surface area contributed by atoms with Crippen LogP contribution in [0.15, 0.2) is 20.6 Å². The third kappa shape index (κ3) is 3.33. The van der Waals surface area contributed by atoms with Gasteiger partial charge in [0.15, 0.2) is 0 Å². The van der Waals surface area contributed by atoms with Crippen molar-refractivity contribution >= 4 is 52.2 Å². The Labute approximate surface area is 89.4 Å². The quantitative estimate of drug-likeness (QED) is 0.780. The molecule has 0 heterocycles. The summed E-state index contributed by atoms with van der Waals surface area (Å²) in [4.78, 5) is 11.0. The second-order valence-electron chi connectivity index (χ2n) is 1.58. The van der Waals surface area contributed by atoms with Gasteiger partial charge >= 0.3 is 0 Å². The highest BCUT2D eigenvalue weighted by molar-refractivity contribution is 6.58. The monoisotopic (exact) mass is 247 g/mol. The largest absolute Gasteiger partial charge is 0.384 e. The molecule has 0 atom stereocenters. The summed E-state index contributed by atoms with van der Waals surface area (Å²) in [7, 11) is 0. The van der Waals surface area contributed by atoms with Gasteiger partial charge in [-0.25, -0.2) is 0 Å². The van der Waals surface area contributed by atoms with E-state index >= 15 is 0 Å². The molecule has 0 aromatic rings. The molecule has 0 aliphatic rings. The number of hydrogen-bond acceptors (Lipinski definition) is 2. The normalized spacial score (nSPS) is 14.2. The van der Waals surface area contributed by atoms with Crippen LogP contribution in [0, 0.1) is 6.61 Å². The highest BCUT2D eigenvalue weighted by atomic mass is 35.5. The van der Waals surface area contributed by atoms with Crippen LogP contribution in [-0.4, -0.2) is 10.9 Å². The molecule has 6 heteroatoms. The highest BCUT2D eigenvalue weighted by Crippen LogP contribution is 2.21.